The zero-order chi connectivity index (χ0) is 12.6. The summed E-state index contributed by atoms with van der Waals surface area (Å²) in [6.45, 7) is 7.76. The Morgan fingerprint density at radius 2 is 2.18 bits per heavy atom. The largest absolute Gasteiger partial charge is 0.348 e. The summed E-state index contributed by atoms with van der Waals surface area (Å²) in [5, 5.41) is 10.6. The first kappa shape index (κ1) is 12.1. The Morgan fingerprint density at radius 1 is 1.47 bits per heavy atom. The zero-order valence-corrected chi connectivity index (χ0v) is 10.9. The minimum atomic E-state index is -0.00588. The van der Waals surface area contributed by atoms with Crippen molar-refractivity contribution in [3.8, 4) is 0 Å². The molecule has 5 heteroatoms. The van der Waals surface area contributed by atoms with E-state index in [0.29, 0.717) is 11.5 Å². The molecule has 1 aromatic heterocycles. The smallest absolute Gasteiger partial charge is 0.255 e. The summed E-state index contributed by atoms with van der Waals surface area (Å²) in [7, 11) is 1.86. The lowest BCUT2D eigenvalue weighted by molar-refractivity contribution is 0.0931. The molecule has 5 nitrogen and oxygen atoms in total. The number of carbonyl (C=O) groups is 1. The van der Waals surface area contributed by atoms with Crippen molar-refractivity contribution in [2.24, 2.45) is 13.0 Å². The van der Waals surface area contributed by atoms with Gasteiger partial charge < -0.3 is 10.6 Å². The highest BCUT2D eigenvalue weighted by Crippen LogP contribution is 2.14. The summed E-state index contributed by atoms with van der Waals surface area (Å²) in [5.41, 5.74) is 2.42. The SMILES string of the molecule is Cc1nn(C)c(C)c1C(=O)NC1CNCC1C. The van der Waals surface area contributed by atoms with Crippen molar-refractivity contribution in [2.75, 3.05) is 13.1 Å². The summed E-state index contributed by atoms with van der Waals surface area (Å²) in [6.07, 6.45) is 0. The lowest BCUT2D eigenvalue weighted by atomic mass is 10.1. The molecule has 2 unspecified atom stereocenters. The first-order chi connectivity index (χ1) is 8.00. The molecule has 0 aliphatic carbocycles. The molecule has 17 heavy (non-hydrogen) atoms. The Labute approximate surface area is 102 Å². The number of nitrogens with zero attached hydrogens (tertiary/aromatic N) is 2. The van der Waals surface area contributed by atoms with Gasteiger partial charge in [0.1, 0.15) is 0 Å². The van der Waals surface area contributed by atoms with E-state index in [2.05, 4.69) is 22.7 Å². The maximum absolute atomic E-state index is 12.2. The Kier molecular flexibility index (Phi) is 3.19. The van der Waals surface area contributed by atoms with Crippen LogP contribution in [0.2, 0.25) is 0 Å². The molecule has 2 heterocycles. The highest BCUT2D eigenvalue weighted by molar-refractivity contribution is 5.96. The standard InChI is InChI=1S/C12H20N4O/c1-7-5-13-6-10(7)14-12(17)11-8(2)15-16(4)9(11)3/h7,10,13H,5-6H2,1-4H3,(H,14,17). The lowest BCUT2D eigenvalue weighted by Gasteiger charge is -2.16. The Bertz CT molecular complexity index is 438. The highest BCUT2D eigenvalue weighted by atomic mass is 16.1. The van der Waals surface area contributed by atoms with Gasteiger partial charge in [-0.1, -0.05) is 6.92 Å². The molecule has 0 radical (unpaired) electrons. The van der Waals surface area contributed by atoms with E-state index in [4.69, 9.17) is 0 Å². The lowest BCUT2D eigenvalue weighted by Crippen LogP contribution is -2.39. The number of rotatable bonds is 2. The molecule has 2 atom stereocenters. The summed E-state index contributed by atoms with van der Waals surface area (Å²) in [6, 6.07) is 0.224. The third kappa shape index (κ3) is 2.20. The van der Waals surface area contributed by atoms with Crippen molar-refractivity contribution in [1.29, 1.82) is 0 Å². The summed E-state index contributed by atoms with van der Waals surface area (Å²) in [4.78, 5) is 12.2. The van der Waals surface area contributed by atoms with Gasteiger partial charge in [-0.05, 0) is 26.3 Å². The van der Waals surface area contributed by atoms with Gasteiger partial charge >= 0.3 is 0 Å². The van der Waals surface area contributed by atoms with Crippen LogP contribution in [0.15, 0.2) is 0 Å². The molecule has 0 saturated carbocycles. The molecule has 1 saturated heterocycles. The molecule has 1 aromatic rings. The van der Waals surface area contributed by atoms with Gasteiger partial charge in [0.05, 0.1) is 11.3 Å². The van der Waals surface area contributed by atoms with Crippen LogP contribution in [0.25, 0.3) is 0 Å². The van der Waals surface area contributed by atoms with E-state index in [1.807, 2.05) is 20.9 Å². The van der Waals surface area contributed by atoms with Gasteiger partial charge in [-0.25, -0.2) is 0 Å². The van der Waals surface area contributed by atoms with Crippen molar-refractivity contribution < 1.29 is 4.79 Å². The van der Waals surface area contributed by atoms with Crippen LogP contribution in [-0.4, -0.2) is 34.8 Å². The number of aromatic nitrogens is 2. The van der Waals surface area contributed by atoms with Gasteiger partial charge in [-0.3, -0.25) is 9.48 Å². The molecular formula is C12H20N4O. The number of amides is 1. The van der Waals surface area contributed by atoms with E-state index in [9.17, 15) is 4.79 Å². The predicted molar refractivity (Wildman–Crippen MR) is 66.0 cm³/mol. The van der Waals surface area contributed by atoms with Crippen LogP contribution in [-0.2, 0) is 7.05 Å². The molecule has 0 bridgehead atoms. The minimum absolute atomic E-state index is 0.00588. The van der Waals surface area contributed by atoms with Gasteiger partial charge in [-0.15, -0.1) is 0 Å². The average molecular weight is 236 g/mol. The molecule has 1 amide bonds. The van der Waals surface area contributed by atoms with Crippen molar-refractivity contribution in [1.82, 2.24) is 20.4 Å². The minimum Gasteiger partial charge on any atom is -0.348 e. The first-order valence-corrected chi connectivity index (χ1v) is 6.02. The van der Waals surface area contributed by atoms with Crippen LogP contribution in [0.5, 0.6) is 0 Å². The first-order valence-electron chi connectivity index (χ1n) is 6.02. The Hall–Kier alpha value is -1.36. The van der Waals surface area contributed by atoms with Gasteiger partial charge in [0.25, 0.3) is 5.91 Å². The number of nitrogens with one attached hydrogen (secondary N) is 2. The van der Waals surface area contributed by atoms with Crippen LogP contribution in [0.3, 0.4) is 0 Å². The van der Waals surface area contributed by atoms with Crippen LogP contribution in [0.1, 0.15) is 28.7 Å². The average Bonchev–Trinajstić information content (AvgIpc) is 2.74. The molecule has 1 aliphatic rings. The fraction of sp³-hybridized carbons (Fsp3) is 0.667. The van der Waals surface area contributed by atoms with E-state index < -0.39 is 0 Å². The van der Waals surface area contributed by atoms with Gasteiger partial charge in [0, 0.05) is 25.3 Å². The molecule has 2 rings (SSSR count). The third-order valence-electron chi connectivity index (χ3n) is 3.57. The van der Waals surface area contributed by atoms with Crippen molar-refractivity contribution in [3.05, 3.63) is 17.0 Å². The van der Waals surface area contributed by atoms with Crippen LogP contribution >= 0.6 is 0 Å². The number of hydrogen-bond acceptors (Lipinski definition) is 3. The fourth-order valence-electron chi connectivity index (χ4n) is 2.35. The van der Waals surface area contributed by atoms with E-state index in [0.717, 1.165) is 24.5 Å². The van der Waals surface area contributed by atoms with Crippen molar-refractivity contribution in [3.63, 3.8) is 0 Å². The van der Waals surface area contributed by atoms with Gasteiger partial charge in [-0.2, -0.15) is 5.10 Å². The Morgan fingerprint density at radius 3 is 2.65 bits per heavy atom. The fourth-order valence-corrected chi connectivity index (χ4v) is 2.35. The number of aryl methyl sites for hydroxylation is 2. The number of carbonyl (C=O) groups excluding carboxylic acids is 1. The summed E-state index contributed by atoms with van der Waals surface area (Å²) >= 11 is 0. The highest BCUT2D eigenvalue weighted by Gasteiger charge is 2.26. The maximum Gasteiger partial charge on any atom is 0.255 e. The van der Waals surface area contributed by atoms with Crippen molar-refractivity contribution in [2.45, 2.75) is 26.8 Å². The quantitative estimate of drug-likeness (QED) is 0.780. The zero-order valence-electron chi connectivity index (χ0n) is 10.9. The molecule has 2 N–H and O–H groups in total. The van der Waals surface area contributed by atoms with E-state index in [-0.39, 0.29) is 11.9 Å². The molecule has 0 aromatic carbocycles. The van der Waals surface area contributed by atoms with Gasteiger partial charge in [0.2, 0.25) is 0 Å². The monoisotopic (exact) mass is 236 g/mol. The Balaban J connectivity index is 2.14. The van der Waals surface area contributed by atoms with Crippen LogP contribution in [0.4, 0.5) is 0 Å². The van der Waals surface area contributed by atoms with E-state index >= 15 is 0 Å². The van der Waals surface area contributed by atoms with Crippen molar-refractivity contribution >= 4 is 5.91 Å². The molecule has 0 spiro atoms. The molecular weight excluding hydrogens is 216 g/mol. The molecule has 1 aliphatic heterocycles. The van der Waals surface area contributed by atoms with Crippen LogP contribution < -0.4 is 10.6 Å². The number of hydrogen-bond donors (Lipinski definition) is 2. The van der Waals surface area contributed by atoms with E-state index in [1.54, 1.807) is 4.68 Å². The second-order valence-corrected chi connectivity index (χ2v) is 4.88. The van der Waals surface area contributed by atoms with E-state index in [1.165, 1.54) is 0 Å². The normalized spacial score (nSPS) is 24.0. The topological polar surface area (TPSA) is 59.0 Å². The second-order valence-electron chi connectivity index (χ2n) is 4.88. The van der Waals surface area contributed by atoms with Gasteiger partial charge in [0.15, 0.2) is 0 Å². The third-order valence-corrected chi connectivity index (χ3v) is 3.57. The molecule has 94 valence electrons. The molecule has 1 fully saturated rings. The second kappa shape index (κ2) is 4.49. The maximum atomic E-state index is 12.2. The van der Waals surface area contributed by atoms with Crippen LogP contribution in [0, 0.1) is 19.8 Å². The predicted octanol–water partition coefficient (Wildman–Crippen LogP) is 0.375. The summed E-state index contributed by atoms with van der Waals surface area (Å²) < 4.78 is 1.75. The summed E-state index contributed by atoms with van der Waals surface area (Å²) in [5.74, 6) is 0.477.